The van der Waals surface area contributed by atoms with Gasteiger partial charge in [0.05, 0.1) is 0 Å². The quantitative estimate of drug-likeness (QED) is 0.269. The van der Waals surface area contributed by atoms with E-state index in [0.29, 0.717) is 5.92 Å². The summed E-state index contributed by atoms with van der Waals surface area (Å²) in [4.78, 5) is 8.42. The fourth-order valence-electron chi connectivity index (χ4n) is 1.66. The molecule has 0 aliphatic rings. The number of aliphatic imine (C=N–C) groups is 1. The zero-order valence-corrected chi connectivity index (χ0v) is 15.6. The Morgan fingerprint density at radius 1 is 1.19 bits per heavy atom. The van der Waals surface area contributed by atoms with Crippen LogP contribution in [0.4, 0.5) is 5.82 Å². The number of hydrogen-bond donors (Lipinski definition) is 3. The Hall–Kier alpha value is -1.05. The number of pyridine rings is 1. The molecule has 6 heteroatoms. The molecule has 3 N–H and O–H groups in total. The van der Waals surface area contributed by atoms with Crippen molar-refractivity contribution in [3.8, 4) is 0 Å². The van der Waals surface area contributed by atoms with E-state index in [2.05, 4.69) is 39.8 Å². The molecule has 0 spiro atoms. The van der Waals surface area contributed by atoms with Gasteiger partial charge in [0.1, 0.15) is 5.82 Å². The van der Waals surface area contributed by atoms with Crippen LogP contribution in [0.3, 0.4) is 0 Å². The first-order valence-electron chi connectivity index (χ1n) is 7.31. The van der Waals surface area contributed by atoms with E-state index in [-0.39, 0.29) is 24.0 Å². The van der Waals surface area contributed by atoms with Gasteiger partial charge < -0.3 is 16.0 Å². The van der Waals surface area contributed by atoms with Crippen molar-refractivity contribution in [2.45, 2.75) is 26.7 Å². The summed E-state index contributed by atoms with van der Waals surface area (Å²) >= 11 is 0. The fraction of sp³-hybridized carbons (Fsp3) is 0.600. The molecule has 1 rings (SSSR count). The van der Waals surface area contributed by atoms with E-state index in [1.54, 1.807) is 13.2 Å². The van der Waals surface area contributed by atoms with Crippen LogP contribution in [0.5, 0.6) is 0 Å². The van der Waals surface area contributed by atoms with Gasteiger partial charge in [0.25, 0.3) is 0 Å². The number of nitrogens with zero attached hydrogens (tertiary/aromatic N) is 2. The van der Waals surface area contributed by atoms with Crippen molar-refractivity contribution < 1.29 is 0 Å². The molecule has 120 valence electrons. The van der Waals surface area contributed by atoms with E-state index >= 15 is 0 Å². The minimum atomic E-state index is 0. The first-order chi connectivity index (χ1) is 9.72. The third-order valence-electron chi connectivity index (χ3n) is 2.77. The Labute approximate surface area is 145 Å². The van der Waals surface area contributed by atoms with Gasteiger partial charge in [-0.25, -0.2) is 4.98 Å². The zero-order valence-electron chi connectivity index (χ0n) is 13.2. The Kier molecular flexibility index (Phi) is 12.0. The predicted molar refractivity (Wildman–Crippen MR) is 102 cm³/mol. The summed E-state index contributed by atoms with van der Waals surface area (Å²) in [7, 11) is 1.80. The standard InChI is InChI=1S/C15H27N5.HI/c1-13(2)12-20-15(16-3)19-11-7-6-10-18-14-8-4-5-9-17-14;/h4-5,8-9,13H,6-7,10-12H2,1-3H3,(H,17,18)(H2,16,19,20);1H. The lowest BCUT2D eigenvalue weighted by Crippen LogP contribution is -2.39. The molecule has 0 atom stereocenters. The van der Waals surface area contributed by atoms with Crippen LogP contribution >= 0.6 is 24.0 Å². The Bertz CT molecular complexity index is 381. The summed E-state index contributed by atoms with van der Waals surface area (Å²) in [6.07, 6.45) is 4.00. The summed E-state index contributed by atoms with van der Waals surface area (Å²) < 4.78 is 0. The third kappa shape index (κ3) is 10.3. The molecule has 0 radical (unpaired) electrons. The second-order valence-electron chi connectivity index (χ2n) is 5.12. The van der Waals surface area contributed by atoms with Crippen LogP contribution < -0.4 is 16.0 Å². The Balaban J connectivity index is 0.00000400. The fourth-order valence-corrected chi connectivity index (χ4v) is 1.66. The molecule has 0 fully saturated rings. The smallest absolute Gasteiger partial charge is 0.190 e. The second-order valence-corrected chi connectivity index (χ2v) is 5.12. The van der Waals surface area contributed by atoms with E-state index in [0.717, 1.165) is 44.3 Å². The van der Waals surface area contributed by atoms with Crippen molar-refractivity contribution in [3.05, 3.63) is 24.4 Å². The average Bonchev–Trinajstić information content (AvgIpc) is 2.46. The van der Waals surface area contributed by atoms with Gasteiger partial charge in [-0.2, -0.15) is 0 Å². The van der Waals surface area contributed by atoms with Crippen molar-refractivity contribution in [1.82, 2.24) is 15.6 Å². The number of rotatable bonds is 8. The van der Waals surface area contributed by atoms with Gasteiger partial charge >= 0.3 is 0 Å². The maximum absolute atomic E-state index is 4.22. The summed E-state index contributed by atoms with van der Waals surface area (Å²) in [5.41, 5.74) is 0. The number of hydrogen-bond acceptors (Lipinski definition) is 3. The highest BCUT2D eigenvalue weighted by Gasteiger charge is 1.98. The molecular formula is C15H28IN5. The molecule has 0 unspecified atom stereocenters. The van der Waals surface area contributed by atoms with Crippen molar-refractivity contribution in [1.29, 1.82) is 0 Å². The number of anilines is 1. The number of guanidine groups is 1. The summed E-state index contributed by atoms with van der Waals surface area (Å²) in [6.45, 7) is 7.19. The van der Waals surface area contributed by atoms with Gasteiger partial charge in [-0.05, 0) is 30.9 Å². The number of nitrogens with one attached hydrogen (secondary N) is 3. The molecule has 0 bridgehead atoms. The van der Waals surface area contributed by atoms with Gasteiger partial charge in [0, 0.05) is 32.9 Å². The van der Waals surface area contributed by atoms with Crippen molar-refractivity contribution >= 4 is 35.8 Å². The van der Waals surface area contributed by atoms with Crippen LogP contribution in [0, 0.1) is 5.92 Å². The summed E-state index contributed by atoms with van der Waals surface area (Å²) in [6, 6.07) is 5.89. The van der Waals surface area contributed by atoms with Crippen LogP contribution in [-0.2, 0) is 0 Å². The highest BCUT2D eigenvalue weighted by Crippen LogP contribution is 2.00. The second kappa shape index (κ2) is 12.7. The molecule has 0 saturated carbocycles. The maximum atomic E-state index is 4.22. The van der Waals surface area contributed by atoms with Crippen molar-refractivity contribution in [2.24, 2.45) is 10.9 Å². The first-order valence-corrected chi connectivity index (χ1v) is 7.31. The normalized spacial score (nSPS) is 11.0. The molecular weight excluding hydrogens is 377 g/mol. The third-order valence-corrected chi connectivity index (χ3v) is 2.77. The molecule has 0 amide bonds. The maximum Gasteiger partial charge on any atom is 0.190 e. The lowest BCUT2D eigenvalue weighted by Gasteiger charge is -2.13. The summed E-state index contributed by atoms with van der Waals surface area (Å²) in [5, 5.41) is 9.92. The summed E-state index contributed by atoms with van der Waals surface area (Å²) in [5.74, 6) is 2.45. The SMILES string of the molecule is CN=C(NCCCCNc1ccccn1)NCC(C)C.I. The molecule has 0 aliphatic carbocycles. The number of aromatic nitrogens is 1. The highest BCUT2D eigenvalue weighted by molar-refractivity contribution is 14.0. The van der Waals surface area contributed by atoms with E-state index in [4.69, 9.17) is 0 Å². The molecule has 5 nitrogen and oxygen atoms in total. The van der Waals surface area contributed by atoms with Crippen LogP contribution in [-0.4, -0.2) is 37.6 Å². The molecule has 0 aromatic carbocycles. The van der Waals surface area contributed by atoms with Gasteiger partial charge in [0.15, 0.2) is 5.96 Å². The Morgan fingerprint density at radius 3 is 2.57 bits per heavy atom. The molecule has 1 aromatic heterocycles. The first kappa shape index (κ1) is 19.9. The molecule has 21 heavy (non-hydrogen) atoms. The number of halogens is 1. The lowest BCUT2D eigenvalue weighted by molar-refractivity contribution is 0.611. The topological polar surface area (TPSA) is 61.3 Å². The minimum absolute atomic E-state index is 0. The largest absolute Gasteiger partial charge is 0.370 e. The predicted octanol–water partition coefficient (Wildman–Crippen LogP) is 2.71. The van der Waals surface area contributed by atoms with Crippen LogP contribution in [0.2, 0.25) is 0 Å². The monoisotopic (exact) mass is 405 g/mol. The molecule has 1 heterocycles. The van der Waals surface area contributed by atoms with Gasteiger partial charge in [-0.1, -0.05) is 19.9 Å². The van der Waals surface area contributed by atoms with E-state index in [9.17, 15) is 0 Å². The van der Waals surface area contributed by atoms with E-state index in [1.807, 2.05) is 18.2 Å². The van der Waals surface area contributed by atoms with Crippen molar-refractivity contribution in [2.75, 3.05) is 32.0 Å². The minimum Gasteiger partial charge on any atom is -0.370 e. The number of unbranched alkanes of at least 4 members (excludes halogenated alkanes) is 1. The zero-order chi connectivity index (χ0) is 14.6. The van der Waals surface area contributed by atoms with Crippen LogP contribution in [0.15, 0.2) is 29.4 Å². The van der Waals surface area contributed by atoms with Crippen LogP contribution in [0.1, 0.15) is 26.7 Å². The van der Waals surface area contributed by atoms with Crippen LogP contribution in [0.25, 0.3) is 0 Å². The lowest BCUT2D eigenvalue weighted by atomic mass is 10.2. The molecule has 0 saturated heterocycles. The van der Waals surface area contributed by atoms with Gasteiger partial charge in [-0.15, -0.1) is 24.0 Å². The van der Waals surface area contributed by atoms with E-state index < -0.39 is 0 Å². The van der Waals surface area contributed by atoms with Crippen molar-refractivity contribution in [3.63, 3.8) is 0 Å². The highest BCUT2D eigenvalue weighted by atomic mass is 127. The van der Waals surface area contributed by atoms with Gasteiger partial charge in [-0.3, -0.25) is 4.99 Å². The average molecular weight is 405 g/mol. The molecule has 0 aliphatic heterocycles. The Morgan fingerprint density at radius 2 is 1.95 bits per heavy atom. The van der Waals surface area contributed by atoms with Gasteiger partial charge in [0.2, 0.25) is 0 Å². The molecule has 1 aromatic rings. The van der Waals surface area contributed by atoms with E-state index in [1.165, 1.54) is 0 Å².